The Labute approximate surface area is 57.8 Å². The molecule has 0 saturated carbocycles. The van der Waals surface area contributed by atoms with Crippen molar-refractivity contribution in [1.29, 1.82) is 0 Å². The second kappa shape index (κ2) is 2.31. The van der Waals surface area contributed by atoms with E-state index in [1.807, 2.05) is 20.8 Å². The first-order valence-corrected chi connectivity index (χ1v) is 4.59. The van der Waals surface area contributed by atoms with E-state index in [4.69, 9.17) is 0 Å². The summed E-state index contributed by atoms with van der Waals surface area (Å²) in [7, 11) is -0.418. The van der Waals surface area contributed by atoms with Crippen molar-refractivity contribution >= 4 is 15.6 Å². The molecule has 0 amide bonds. The highest BCUT2D eigenvalue weighted by Gasteiger charge is 2.20. The van der Waals surface area contributed by atoms with Gasteiger partial charge >= 0.3 is 0 Å². The number of hydrogen-bond donors (Lipinski definition) is 1. The van der Waals surface area contributed by atoms with E-state index in [1.165, 1.54) is 0 Å². The van der Waals surface area contributed by atoms with E-state index < -0.39 is 9.71 Å². The maximum atomic E-state index is 11.4. The Kier molecular flexibility index (Phi) is 2.30. The van der Waals surface area contributed by atoms with Gasteiger partial charge in [-0.3, -0.25) is 4.21 Å². The van der Waals surface area contributed by atoms with Gasteiger partial charge in [0.15, 0.2) is 0 Å². The minimum atomic E-state index is -2.09. The zero-order chi connectivity index (χ0) is 7.71. The normalized spacial score (nSPS) is 19.1. The van der Waals surface area contributed by atoms with E-state index in [1.54, 1.807) is 7.05 Å². The summed E-state index contributed by atoms with van der Waals surface area (Å²) in [6.45, 7) is 5.70. The Hall–Kier alpha value is -0.0200. The lowest BCUT2D eigenvalue weighted by Crippen LogP contribution is -2.36. The van der Waals surface area contributed by atoms with Crippen LogP contribution in [-0.2, 0) is 9.71 Å². The Bertz CT molecular complexity index is 174. The summed E-state index contributed by atoms with van der Waals surface area (Å²) in [6.07, 6.45) is 0. The van der Waals surface area contributed by atoms with Crippen LogP contribution in [0.1, 0.15) is 20.8 Å². The van der Waals surface area contributed by atoms with Crippen molar-refractivity contribution in [2.45, 2.75) is 25.5 Å². The average molecular weight is 149 g/mol. The summed E-state index contributed by atoms with van der Waals surface area (Å²) >= 11 is 0. The van der Waals surface area contributed by atoms with Crippen LogP contribution < -0.4 is 4.72 Å². The number of hydrogen-bond acceptors (Lipinski definition) is 1. The first-order valence-electron chi connectivity index (χ1n) is 2.86. The van der Waals surface area contributed by atoms with E-state index in [0.717, 1.165) is 0 Å². The highest BCUT2D eigenvalue weighted by molar-refractivity contribution is 7.99. The zero-order valence-corrected chi connectivity index (χ0v) is 7.34. The molecule has 0 radical (unpaired) electrons. The fourth-order valence-electron chi connectivity index (χ4n) is 0.306. The van der Waals surface area contributed by atoms with Crippen molar-refractivity contribution in [1.82, 2.24) is 4.72 Å². The van der Waals surface area contributed by atoms with Crippen molar-refractivity contribution in [3.8, 4) is 0 Å². The molecule has 0 aromatic carbocycles. The lowest BCUT2D eigenvalue weighted by atomic mass is 10.3. The Morgan fingerprint density at radius 1 is 1.44 bits per heavy atom. The summed E-state index contributed by atoms with van der Waals surface area (Å²) in [4.78, 5) is 0. The Morgan fingerprint density at radius 3 is 1.78 bits per heavy atom. The van der Waals surface area contributed by atoms with Crippen LogP contribution in [0.2, 0.25) is 0 Å². The smallest absolute Gasteiger partial charge is 0.0428 e. The third-order valence-electron chi connectivity index (χ3n) is 1.32. The molecule has 56 valence electrons. The van der Waals surface area contributed by atoms with Crippen LogP contribution in [0.5, 0.6) is 0 Å². The zero-order valence-electron chi connectivity index (χ0n) is 6.52. The summed E-state index contributed by atoms with van der Waals surface area (Å²) in [5.41, 5.74) is 0. The van der Waals surface area contributed by atoms with Gasteiger partial charge in [0, 0.05) is 14.5 Å². The highest BCUT2D eigenvalue weighted by atomic mass is 32.2. The summed E-state index contributed by atoms with van der Waals surface area (Å²) < 4.78 is 13.8. The van der Waals surface area contributed by atoms with Gasteiger partial charge in [0.25, 0.3) is 0 Å². The molecule has 0 bridgehead atoms. The molecule has 0 spiro atoms. The van der Waals surface area contributed by atoms with Crippen molar-refractivity contribution < 1.29 is 4.21 Å². The third-order valence-corrected chi connectivity index (χ3v) is 3.96. The van der Waals surface area contributed by atoms with Gasteiger partial charge in [-0.25, -0.2) is 4.72 Å². The van der Waals surface area contributed by atoms with Crippen molar-refractivity contribution in [2.24, 2.45) is 0 Å². The molecule has 0 aromatic heterocycles. The van der Waals surface area contributed by atoms with Gasteiger partial charge in [0.2, 0.25) is 0 Å². The lowest BCUT2D eigenvalue weighted by molar-refractivity contribution is 0.639. The molecule has 9 heavy (non-hydrogen) atoms. The summed E-state index contributed by atoms with van der Waals surface area (Å²) in [5.74, 6) is 3.58. The van der Waals surface area contributed by atoms with Crippen molar-refractivity contribution in [3.05, 3.63) is 0 Å². The first-order chi connectivity index (χ1) is 3.81. The first kappa shape index (κ1) is 8.98. The van der Waals surface area contributed by atoms with Crippen molar-refractivity contribution in [2.75, 3.05) is 7.05 Å². The topological polar surface area (TPSA) is 29.1 Å². The van der Waals surface area contributed by atoms with E-state index in [2.05, 4.69) is 10.6 Å². The van der Waals surface area contributed by atoms with E-state index in [-0.39, 0.29) is 4.75 Å². The molecule has 0 aliphatic rings. The quantitative estimate of drug-likeness (QED) is 0.544. The molecular weight excluding hydrogens is 134 g/mol. The van der Waals surface area contributed by atoms with Crippen molar-refractivity contribution in [3.63, 3.8) is 0 Å². The molecule has 0 aliphatic heterocycles. The molecule has 2 nitrogen and oxygen atoms in total. The van der Waals surface area contributed by atoms with E-state index in [9.17, 15) is 4.21 Å². The predicted octanol–water partition coefficient (Wildman–Crippen LogP) is 0.636. The summed E-state index contributed by atoms with van der Waals surface area (Å²) in [6, 6.07) is 0. The molecule has 0 aromatic rings. The van der Waals surface area contributed by atoms with Gasteiger partial charge in [-0.2, -0.15) is 0 Å². The maximum Gasteiger partial charge on any atom is 0.0428 e. The van der Waals surface area contributed by atoms with Crippen LogP contribution in [0.15, 0.2) is 0 Å². The van der Waals surface area contributed by atoms with E-state index >= 15 is 0 Å². The molecule has 1 N–H and O–H groups in total. The SMILES string of the molecule is C=S(=O)(NC)C(C)(C)C. The number of nitrogens with one attached hydrogen (secondary N) is 1. The average Bonchev–Trinajstić information content (AvgIpc) is 1.64. The largest absolute Gasteiger partial charge is 0.252 e. The molecular formula is C6H15NOS. The molecule has 0 heterocycles. The van der Waals surface area contributed by atoms with Crippen LogP contribution in [0, 0.1) is 0 Å². The molecule has 0 aliphatic carbocycles. The van der Waals surface area contributed by atoms with Gasteiger partial charge in [0.05, 0.1) is 0 Å². The van der Waals surface area contributed by atoms with Crippen LogP contribution in [0.4, 0.5) is 0 Å². The predicted molar refractivity (Wildman–Crippen MR) is 44.1 cm³/mol. The Morgan fingerprint density at radius 2 is 1.78 bits per heavy atom. The minimum absolute atomic E-state index is 0.248. The third kappa shape index (κ3) is 1.99. The molecule has 0 fully saturated rings. The lowest BCUT2D eigenvalue weighted by Gasteiger charge is -2.23. The van der Waals surface area contributed by atoms with Crippen LogP contribution >= 0.6 is 0 Å². The molecule has 0 saturated heterocycles. The van der Waals surface area contributed by atoms with Crippen LogP contribution in [0.25, 0.3) is 0 Å². The van der Waals surface area contributed by atoms with E-state index in [0.29, 0.717) is 0 Å². The molecule has 1 unspecified atom stereocenters. The van der Waals surface area contributed by atoms with Gasteiger partial charge in [-0.05, 0) is 33.7 Å². The van der Waals surface area contributed by atoms with Gasteiger partial charge in [-0.1, -0.05) is 0 Å². The van der Waals surface area contributed by atoms with Gasteiger partial charge in [0.1, 0.15) is 0 Å². The Balaban J connectivity index is 4.57. The standard InChI is InChI=1S/C6H15NOS/c1-6(2,3)9(5,8)7-4/h5H2,1-4H3,(H,7,8). The van der Waals surface area contributed by atoms with Crippen LogP contribution in [0.3, 0.4) is 0 Å². The van der Waals surface area contributed by atoms with Crippen LogP contribution in [-0.4, -0.2) is 21.9 Å². The summed E-state index contributed by atoms with van der Waals surface area (Å²) in [5, 5.41) is 0. The number of rotatable bonds is 1. The molecule has 0 rings (SSSR count). The molecule has 1 atom stereocenters. The maximum absolute atomic E-state index is 11.4. The highest BCUT2D eigenvalue weighted by Crippen LogP contribution is 2.11. The monoisotopic (exact) mass is 149 g/mol. The second-order valence-electron chi connectivity index (χ2n) is 2.99. The van der Waals surface area contributed by atoms with Gasteiger partial charge < -0.3 is 0 Å². The van der Waals surface area contributed by atoms with Gasteiger partial charge in [-0.15, -0.1) is 0 Å². The minimum Gasteiger partial charge on any atom is -0.252 e. The second-order valence-corrected chi connectivity index (χ2v) is 5.98. The fraction of sp³-hybridized carbons (Fsp3) is 0.833. The fourth-order valence-corrected chi connectivity index (χ4v) is 0.919. The molecule has 3 heteroatoms.